The first-order valence-electron chi connectivity index (χ1n) is 9.58. The van der Waals surface area contributed by atoms with Crippen molar-refractivity contribution in [3.63, 3.8) is 0 Å². The highest BCUT2D eigenvalue weighted by Crippen LogP contribution is 2.28. The fraction of sp³-hybridized carbons (Fsp3) is 0.500. The number of furan rings is 1. The second-order valence-corrected chi connectivity index (χ2v) is 10.1. The van der Waals surface area contributed by atoms with Crippen LogP contribution in [0.2, 0.25) is 0 Å². The molecule has 0 aliphatic heterocycles. The van der Waals surface area contributed by atoms with E-state index in [-0.39, 0.29) is 16.8 Å². The van der Waals surface area contributed by atoms with Gasteiger partial charge >= 0.3 is 0 Å². The fourth-order valence-electron chi connectivity index (χ4n) is 3.11. The summed E-state index contributed by atoms with van der Waals surface area (Å²) in [5.41, 5.74) is 4.37. The van der Waals surface area contributed by atoms with Gasteiger partial charge in [0.15, 0.2) is 9.84 Å². The van der Waals surface area contributed by atoms with E-state index in [1.54, 1.807) is 20.1 Å². The van der Waals surface area contributed by atoms with Crippen LogP contribution in [0.3, 0.4) is 0 Å². The first kappa shape index (κ1) is 21.4. The Kier molecular flexibility index (Phi) is 7.42. The largest absolute Gasteiger partial charge is 0.464 e. The predicted octanol–water partition coefficient (Wildman–Crippen LogP) is 5.06. The van der Waals surface area contributed by atoms with Gasteiger partial charge in [-0.3, -0.25) is 4.79 Å². The van der Waals surface area contributed by atoms with E-state index in [4.69, 9.17) is 4.42 Å². The maximum absolute atomic E-state index is 12.3. The molecule has 1 aromatic heterocycles. The number of rotatable bonds is 10. The Morgan fingerprint density at radius 2 is 1.78 bits per heavy atom. The smallest absolute Gasteiger partial charge is 0.152 e. The molecule has 0 unspecified atom stereocenters. The molecular weight excluding hydrogens is 360 g/mol. The predicted molar refractivity (Wildman–Crippen MR) is 110 cm³/mol. The van der Waals surface area contributed by atoms with Gasteiger partial charge in [0.1, 0.15) is 11.5 Å². The fourth-order valence-corrected chi connectivity index (χ4v) is 4.18. The molecular formula is C22H30O4S. The highest BCUT2D eigenvalue weighted by atomic mass is 32.2. The van der Waals surface area contributed by atoms with Gasteiger partial charge in [0.05, 0.1) is 17.3 Å². The van der Waals surface area contributed by atoms with Crippen LogP contribution < -0.4 is 0 Å². The molecule has 4 nitrogen and oxygen atoms in total. The maximum Gasteiger partial charge on any atom is 0.152 e. The number of Topliss-reactive ketones (excluding diaryl/α,β-unsaturated/α-hetero) is 1. The van der Waals surface area contributed by atoms with Crippen molar-refractivity contribution in [2.75, 3.05) is 5.75 Å². The molecule has 1 heterocycles. The second-order valence-electron chi connectivity index (χ2n) is 7.44. The molecule has 2 aromatic rings. The van der Waals surface area contributed by atoms with E-state index in [1.165, 1.54) is 0 Å². The second kappa shape index (κ2) is 9.36. The molecule has 0 saturated carbocycles. The normalized spacial score (nSPS) is 11.9. The van der Waals surface area contributed by atoms with Gasteiger partial charge < -0.3 is 4.42 Å². The topological polar surface area (TPSA) is 64.3 Å². The minimum Gasteiger partial charge on any atom is -0.464 e. The van der Waals surface area contributed by atoms with Crippen LogP contribution in [0.15, 0.2) is 34.9 Å². The standard InChI is InChI=1S/C22H30O4S/c1-16(2)27(24,25)14-7-5-6-9-20(23)15-19-11-12-21(18(4)17(19)3)22-10-8-13-26-22/h8,10-13,16H,5-7,9,14-15H2,1-4H3. The Bertz CT molecular complexity index is 862. The molecule has 0 N–H and O–H groups in total. The number of carbonyl (C=O) groups excluding carboxylic acids is 1. The number of carbonyl (C=O) groups is 1. The number of ketones is 1. The van der Waals surface area contributed by atoms with Gasteiger partial charge in [-0.15, -0.1) is 0 Å². The summed E-state index contributed by atoms with van der Waals surface area (Å²) in [5, 5.41) is -0.325. The molecule has 1 aromatic carbocycles. The van der Waals surface area contributed by atoms with Crippen molar-refractivity contribution in [1.29, 1.82) is 0 Å². The Hall–Kier alpha value is -1.88. The number of hydrogen-bond acceptors (Lipinski definition) is 4. The Morgan fingerprint density at radius 1 is 1.04 bits per heavy atom. The quantitative estimate of drug-likeness (QED) is 0.532. The number of sulfone groups is 1. The third kappa shape index (κ3) is 5.80. The van der Waals surface area contributed by atoms with E-state index in [2.05, 4.69) is 6.92 Å². The monoisotopic (exact) mass is 390 g/mol. The minimum absolute atomic E-state index is 0.204. The Labute approximate surface area is 162 Å². The van der Waals surface area contributed by atoms with E-state index < -0.39 is 9.84 Å². The zero-order chi connectivity index (χ0) is 20.0. The minimum atomic E-state index is -2.97. The first-order chi connectivity index (χ1) is 12.7. The van der Waals surface area contributed by atoms with E-state index in [0.717, 1.165) is 40.9 Å². The van der Waals surface area contributed by atoms with Gasteiger partial charge in [-0.25, -0.2) is 8.42 Å². The number of benzene rings is 1. The van der Waals surface area contributed by atoms with Crippen LogP contribution in [0.25, 0.3) is 11.3 Å². The van der Waals surface area contributed by atoms with E-state index in [0.29, 0.717) is 19.3 Å². The maximum atomic E-state index is 12.3. The number of hydrogen-bond donors (Lipinski definition) is 0. The molecule has 5 heteroatoms. The molecule has 0 aliphatic rings. The Balaban J connectivity index is 1.85. The third-order valence-corrected chi connectivity index (χ3v) is 7.47. The van der Waals surface area contributed by atoms with Crippen molar-refractivity contribution in [3.05, 3.63) is 47.2 Å². The van der Waals surface area contributed by atoms with E-state index in [1.807, 2.05) is 31.2 Å². The molecule has 0 radical (unpaired) electrons. The van der Waals surface area contributed by atoms with Gasteiger partial charge in [0.2, 0.25) is 0 Å². The summed E-state index contributed by atoms with van der Waals surface area (Å²) in [7, 11) is -2.97. The van der Waals surface area contributed by atoms with Crippen molar-refractivity contribution < 1.29 is 17.6 Å². The van der Waals surface area contributed by atoms with Crippen LogP contribution in [0, 0.1) is 13.8 Å². The molecule has 0 aliphatic carbocycles. The average Bonchev–Trinajstić information content (AvgIpc) is 3.13. The molecule has 0 atom stereocenters. The van der Waals surface area contributed by atoms with Gasteiger partial charge in [0, 0.05) is 18.4 Å². The van der Waals surface area contributed by atoms with Gasteiger partial charge in [-0.05, 0) is 69.4 Å². The van der Waals surface area contributed by atoms with Gasteiger partial charge in [-0.1, -0.05) is 18.6 Å². The van der Waals surface area contributed by atoms with Crippen molar-refractivity contribution in [2.45, 2.75) is 65.0 Å². The zero-order valence-corrected chi connectivity index (χ0v) is 17.6. The van der Waals surface area contributed by atoms with E-state index in [9.17, 15) is 13.2 Å². The van der Waals surface area contributed by atoms with Crippen molar-refractivity contribution in [2.24, 2.45) is 0 Å². The highest BCUT2D eigenvalue weighted by molar-refractivity contribution is 7.91. The van der Waals surface area contributed by atoms with Gasteiger partial charge in [0.25, 0.3) is 0 Å². The van der Waals surface area contributed by atoms with E-state index >= 15 is 0 Å². The van der Waals surface area contributed by atoms with Crippen LogP contribution in [0.1, 0.15) is 56.2 Å². The number of unbranched alkanes of at least 4 members (excludes halogenated alkanes) is 2. The first-order valence-corrected chi connectivity index (χ1v) is 11.3. The molecule has 0 amide bonds. The summed E-state index contributed by atoms with van der Waals surface area (Å²) in [4.78, 5) is 12.3. The summed E-state index contributed by atoms with van der Waals surface area (Å²) in [6.07, 6.45) is 4.73. The lowest BCUT2D eigenvalue weighted by Crippen LogP contribution is -2.17. The van der Waals surface area contributed by atoms with Crippen molar-refractivity contribution >= 4 is 15.6 Å². The van der Waals surface area contributed by atoms with Crippen LogP contribution in [0.4, 0.5) is 0 Å². The summed E-state index contributed by atoms with van der Waals surface area (Å²) < 4.78 is 29.0. The van der Waals surface area contributed by atoms with Crippen LogP contribution in [-0.2, 0) is 21.1 Å². The van der Waals surface area contributed by atoms with Crippen LogP contribution >= 0.6 is 0 Å². The molecule has 0 bridgehead atoms. The van der Waals surface area contributed by atoms with Crippen LogP contribution in [0.5, 0.6) is 0 Å². The molecule has 0 spiro atoms. The zero-order valence-electron chi connectivity index (χ0n) is 16.7. The Morgan fingerprint density at radius 3 is 2.41 bits per heavy atom. The SMILES string of the molecule is Cc1c(CC(=O)CCCCCS(=O)(=O)C(C)C)ccc(-c2ccco2)c1C. The molecule has 2 rings (SSSR count). The van der Waals surface area contributed by atoms with Crippen molar-refractivity contribution in [3.8, 4) is 11.3 Å². The molecule has 148 valence electrons. The lowest BCUT2D eigenvalue weighted by atomic mass is 9.93. The average molecular weight is 391 g/mol. The molecule has 0 fully saturated rings. The summed E-state index contributed by atoms with van der Waals surface area (Å²) in [6, 6.07) is 7.83. The van der Waals surface area contributed by atoms with Gasteiger partial charge in [-0.2, -0.15) is 0 Å². The third-order valence-electron chi connectivity index (χ3n) is 5.18. The lowest BCUT2D eigenvalue weighted by molar-refractivity contribution is -0.118. The van der Waals surface area contributed by atoms with Crippen molar-refractivity contribution in [1.82, 2.24) is 0 Å². The summed E-state index contributed by atoms with van der Waals surface area (Å²) >= 11 is 0. The van der Waals surface area contributed by atoms with Crippen LogP contribution in [-0.4, -0.2) is 25.2 Å². The summed E-state index contributed by atoms with van der Waals surface area (Å²) in [5.74, 6) is 1.26. The highest BCUT2D eigenvalue weighted by Gasteiger charge is 2.15. The molecule has 0 saturated heterocycles. The molecule has 27 heavy (non-hydrogen) atoms. The summed E-state index contributed by atoms with van der Waals surface area (Å²) in [6.45, 7) is 7.51. The lowest BCUT2D eigenvalue weighted by Gasteiger charge is -2.12.